The van der Waals surface area contributed by atoms with Gasteiger partial charge in [-0.2, -0.15) is 0 Å². The maximum atomic E-state index is 11.1. The van der Waals surface area contributed by atoms with E-state index in [1.54, 1.807) is 6.07 Å². The molecule has 0 amide bonds. The summed E-state index contributed by atoms with van der Waals surface area (Å²) in [6.45, 7) is 2.65. The Labute approximate surface area is 104 Å². The molecule has 1 saturated heterocycles. The van der Waals surface area contributed by atoms with Gasteiger partial charge in [-0.1, -0.05) is 0 Å². The lowest BCUT2D eigenvalue weighted by molar-refractivity contribution is -0.384. The second-order valence-electron chi connectivity index (χ2n) is 4.44. The van der Waals surface area contributed by atoms with Gasteiger partial charge in [0.25, 0.3) is 5.69 Å². The van der Waals surface area contributed by atoms with E-state index in [4.69, 9.17) is 9.47 Å². The zero-order valence-electron chi connectivity index (χ0n) is 9.92. The van der Waals surface area contributed by atoms with Crippen molar-refractivity contribution in [1.29, 1.82) is 0 Å². The predicted octanol–water partition coefficient (Wildman–Crippen LogP) is 1.97. The maximum Gasteiger partial charge on any atom is 0.296 e. The molecule has 1 aromatic rings. The van der Waals surface area contributed by atoms with Crippen LogP contribution >= 0.6 is 0 Å². The van der Waals surface area contributed by atoms with E-state index >= 15 is 0 Å². The van der Waals surface area contributed by atoms with Gasteiger partial charge in [-0.15, -0.1) is 0 Å². The summed E-state index contributed by atoms with van der Waals surface area (Å²) in [5.74, 6) is 1.07. The van der Waals surface area contributed by atoms with E-state index in [9.17, 15) is 10.1 Å². The molecule has 6 nitrogen and oxygen atoms in total. The minimum atomic E-state index is -0.355. The topological polar surface area (TPSA) is 64.8 Å². The van der Waals surface area contributed by atoms with Crippen molar-refractivity contribution in [1.82, 2.24) is 0 Å². The van der Waals surface area contributed by atoms with E-state index in [1.807, 2.05) is 4.90 Å². The molecule has 1 fully saturated rings. The fraction of sp³-hybridized carbons (Fsp3) is 0.500. The lowest BCUT2D eigenvalue weighted by Gasteiger charge is -2.22. The SMILES string of the molecule is O=[N+]([O-])c1cc2c(cc1N1CCCC1)OCCO2. The monoisotopic (exact) mass is 250 g/mol. The van der Waals surface area contributed by atoms with Gasteiger partial charge in [0, 0.05) is 19.2 Å². The lowest BCUT2D eigenvalue weighted by atomic mass is 10.2. The highest BCUT2D eigenvalue weighted by molar-refractivity contribution is 5.70. The van der Waals surface area contributed by atoms with Crippen molar-refractivity contribution >= 4 is 11.4 Å². The van der Waals surface area contributed by atoms with Gasteiger partial charge in [0.1, 0.15) is 18.9 Å². The fourth-order valence-corrected chi connectivity index (χ4v) is 2.42. The lowest BCUT2D eigenvalue weighted by Crippen LogP contribution is -2.21. The first-order valence-electron chi connectivity index (χ1n) is 6.09. The Bertz CT molecular complexity index is 483. The van der Waals surface area contributed by atoms with Crippen LogP contribution in [-0.2, 0) is 0 Å². The number of fused-ring (bicyclic) bond motifs is 1. The second-order valence-corrected chi connectivity index (χ2v) is 4.44. The van der Waals surface area contributed by atoms with Crippen molar-refractivity contribution in [3.05, 3.63) is 22.2 Å². The van der Waals surface area contributed by atoms with E-state index in [1.165, 1.54) is 6.07 Å². The fourth-order valence-electron chi connectivity index (χ4n) is 2.42. The summed E-state index contributed by atoms with van der Waals surface area (Å²) in [4.78, 5) is 12.8. The van der Waals surface area contributed by atoms with Crippen LogP contribution in [0.25, 0.3) is 0 Å². The maximum absolute atomic E-state index is 11.1. The molecule has 1 aromatic carbocycles. The zero-order chi connectivity index (χ0) is 12.5. The smallest absolute Gasteiger partial charge is 0.296 e. The largest absolute Gasteiger partial charge is 0.486 e. The number of nitro benzene ring substituents is 1. The minimum Gasteiger partial charge on any atom is -0.486 e. The molecule has 96 valence electrons. The number of hydrogen-bond donors (Lipinski definition) is 0. The highest BCUT2D eigenvalue weighted by Crippen LogP contribution is 2.41. The van der Waals surface area contributed by atoms with Gasteiger partial charge in [-0.3, -0.25) is 10.1 Å². The van der Waals surface area contributed by atoms with Gasteiger partial charge < -0.3 is 14.4 Å². The number of rotatable bonds is 2. The standard InChI is InChI=1S/C12H14N2O4/c15-14(16)10-8-12-11(17-5-6-18-12)7-9(10)13-3-1-2-4-13/h7-8H,1-6H2. The Morgan fingerprint density at radius 3 is 2.33 bits per heavy atom. The second kappa shape index (κ2) is 4.36. The summed E-state index contributed by atoms with van der Waals surface area (Å²) in [6.07, 6.45) is 2.15. The van der Waals surface area contributed by atoms with Crippen LogP contribution in [-0.4, -0.2) is 31.2 Å². The van der Waals surface area contributed by atoms with Crippen molar-refractivity contribution in [2.75, 3.05) is 31.2 Å². The first-order valence-corrected chi connectivity index (χ1v) is 6.09. The van der Waals surface area contributed by atoms with E-state index in [2.05, 4.69) is 0 Å². The number of hydrogen-bond acceptors (Lipinski definition) is 5. The van der Waals surface area contributed by atoms with Crippen molar-refractivity contribution in [2.24, 2.45) is 0 Å². The highest BCUT2D eigenvalue weighted by Gasteiger charge is 2.26. The molecule has 0 unspecified atom stereocenters. The van der Waals surface area contributed by atoms with Gasteiger partial charge in [-0.25, -0.2) is 0 Å². The van der Waals surface area contributed by atoms with Crippen LogP contribution in [0.1, 0.15) is 12.8 Å². The molecule has 0 saturated carbocycles. The molecule has 0 aromatic heterocycles. The summed E-state index contributed by atoms with van der Waals surface area (Å²) in [6, 6.07) is 3.21. The van der Waals surface area contributed by atoms with E-state index < -0.39 is 0 Å². The van der Waals surface area contributed by atoms with Gasteiger partial charge in [0.2, 0.25) is 0 Å². The van der Waals surface area contributed by atoms with Crippen LogP contribution < -0.4 is 14.4 Å². The quantitative estimate of drug-likeness (QED) is 0.593. The third-order valence-corrected chi connectivity index (χ3v) is 3.28. The average molecular weight is 250 g/mol. The Morgan fingerprint density at radius 1 is 1.11 bits per heavy atom. The average Bonchev–Trinajstić information content (AvgIpc) is 2.91. The zero-order valence-corrected chi connectivity index (χ0v) is 9.92. The Morgan fingerprint density at radius 2 is 1.72 bits per heavy atom. The van der Waals surface area contributed by atoms with Crippen LogP contribution in [0.2, 0.25) is 0 Å². The molecule has 0 spiro atoms. The molecule has 18 heavy (non-hydrogen) atoms. The van der Waals surface area contributed by atoms with Crippen molar-refractivity contribution in [3.8, 4) is 11.5 Å². The number of anilines is 1. The summed E-state index contributed by atoms with van der Waals surface area (Å²) < 4.78 is 10.9. The molecule has 0 N–H and O–H groups in total. The van der Waals surface area contributed by atoms with Crippen LogP contribution in [0.5, 0.6) is 11.5 Å². The van der Waals surface area contributed by atoms with Crippen LogP contribution in [0.4, 0.5) is 11.4 Å². The third-order valence-electron chi connectivity index (χ3n) is 3.28. The number of ether oxygens (including phenoxy) is 2. The van der Waals surface area contributed by atoms with E-state index in [0.717, 1.165) is 25.9 Å². The summed E-state index contributed by atoms with van der Waals surface area (Å²) >= 11 is 0. The van der Waals surface area contributed by atoms with Crippen molar-refractivity contribution in [2.45, 2.75) is 12.8 Å². The Balaban J connectivity index is 2.06. The summed E-state index contributed by atoms with van der Waals surface area (Å²) in [5.41, 5.74) is 0.739. The van der Waals surface area contributed by atoms with Gasteiger partial charge in [-0.05, 0) is 12.8 Å². The number of nitrogens with zero attached hydrogens (tertiary/aromatic N) is 2. The molecule has 6 heteroatoms. The molecule has 2 heterocycles. The third kappa shape index (κ3) is 1.83. The molecule has 0 radical (unpaired) electrons. The number of benzene rings is 1. The molecule has 2 aliphatic rings. The van der Waals surface area contributed by atoms with E-state index in [0.29, 0.717) is 30.4 Å². The van der Waals surface area contributed by atoms with Crippen molar-refractivity contribution in [3.63, 3.8) is 0 Å². The predicted molar refractivity (Wildman–Crippen MR) is 65.5 cm³/mol. The van der Waals surface area contributed by atoms with Gasteiger partial charge in [0.15, 0.2) is 11.5 Å². The van der Waals surface area contributed by atoms with E-state index in [-0.39, 0.29) is 10.6 Å². The molecule has 3 rings (SSSR count). The van der Waals surface area contributed by atoms with Gasteiger partial charge >= 0.3 is 0 Å². The summed E-state index contributed by atoms with van der Waals surface area (Å²) in [5, 5.41) is 11.1. The minimum absolute atomic E-state index is 0.0983. The van der Waals surface area contributed by atoms with Crippen LogP contribution in [0, 0.1) is 10.1 Å². The summed E-state index contributed by atoms with van der Waals surface area (Å²) in [7, 11) is 0. The molecule has 0 atom stereocenters. The first kappa shape index (κ1) is 11.1. The normalized spacial score (nSPS) is 17.9. The highest BCUT2D eigenvalue weighted by atomic mass is 16.6. The molecule has 0 bridgehead atoms. The first-order chi connectivity index (χ1) is 8.75. The van der Waals surface area contributed by atoms with Crippen molar-refractivity contribution < 1.29 is 14.4 Å². The molecular formula is C12H14N2O4. The number of nitro groups is 1. The molecule has 2 aliphatic heterocycles. The van der Waals surface area contributed by atoms with Crippen LogP contribution in [0.3, 0.4) is 0 Å². The Hall–Kier alpha value is -1.98. The molecule has 0 aliphatic carbocycles. The molecular weight excluding hydrogens is 236 g/mol. The van der Waals surface area contributed by atoms with Crippen LogP contribution in [0.15, 0.2) is 12.1 Å². The Kier molecular flexibility index (Phi) is 2.70. The van der Waals surface area contributed by atoms with Gasteiger partial charge in [0.05, 0.1) is 11.0 Å².